The third-order valence-electron chi connectivity index (χ3n) is 2.98. The summed E-state index contributed by atoms with van der Waals surface area (Å²) in [5, 5.41) is 3.95. The summed E-state index contributed by atoms with van der Waals surface area (Å²) in [5.74, 6) is 1.00. The molecule has 2 aromatic rings. The molecule has 0 bridgehead atoms. The van der Waals surface area contributed by atoms with Crippen LogP contribution >= 0.6 is 0 Å². The van der Waals surface area contributed by atoms with E-state index < -0.39 is 0 Å². The van der Waals surface area contributed by atoms with E-state index in [9.17, 15) is 4.79 Å². The fraction of sp³-hybridized carbons (Fsp3) is 0.533. The number of nitrogens with zero attached hydrogens (tertiary/aromatic N) is 4. The molecule has 2 aromatic heterocycles. The molecule has 0 unspecified atom stereocenters. The minimum atomic E-state index is -0.0938. The predicted octanol–water partition coefficient (Wildman–Crippen LogP) is 1.91. The minimum absolute atomic E-state index is 0.0938. The smallest absolute Gasteiger partial charge is 0.250 e. The van der Waals surface area contributed by atoms with Crippen LogP contribution in [0.2, 0.25) is 0 Å². The number of hydrogen-bond acceptors (Lipinski definition) is 5. The molecule has 0 saturated carbocycles. The van der Waals surface area contributed by atoms with Gasteiger partial charge in [0, 0.05) is 31.4 Å². The summed E-state index contributed by atoms with van der Waals surface area (Å²) < 4.78 is 6.76. The second kappa shape index (κ2) is 5.81. The topological polar surface area (TPSA) is 64.2 Å². The Morgan fingerprint density at radius 3 is 2.71 bits per heavy atom. The first-order valence-electron chi connectivity index (χ1n) is 6.93. The minimum Gasteiger partial charge on any atom is -0.338 e. The van der Waals surface area contributed by atoms with Gasteiger partial charge in [0.25, 0.3) is 5.56 Å². The van der Waals surface area contributed by atoms with Crippen LogP contribution in [0.1, 0.15) is 26.7 Å². The van der Waals surface area contributed by atoms with E-state index in [1.165, 1.54) is 10.6 Å². The number of rotatable bonds is 4. The molecule has 0 aliphatic rings. The monoisotopic (exact) mass is 290 g/mol. The Labute approximate surface area is 124 Å². The summed E-state index contributed by atoms with van der Waals surface area (Å²) in [7, 11) is 3.72. The molecule has 21 heavy (non-hydrogen) atoms. The largest absolute Gasteiger partial charge is 0.338 e. The molecule has 0 N–H and O–H groups in total. The fourth-order valence-corrected chi connectivity index (χ4v) is 2.22. The van der Waals surface area contributed by atoms with E-state index in [0.29, 0.717) is 23.8 Å². The van der Waals surface area contributed by atoms with Gasteiger partial charge in [-0.1, -0.05) is 25.9 Å². The maximum atomic E-state index is 11.6. The predicted molar refractivity (Wildman–Crippen MR) is 80.8 cm³/mol. The average Bonchev–Trinajstić information content (AvgIpc) is 2.78. The van der Waals surface area contributed by atoms with Crippen LogP contribution in [0.5, 0.6) is 0 Å². The molecular weight excluding hydrogens is 268 g/mol. The molecule has 2 rings (SSSR count). The van der Waals surface area contributed by atoms with Gasteiger partial charge in [-0.05, 0) is 18.5 Å². The lowest BCUT2D eigenvalue weighted by Crippen LogP contribution is -2.28. The molecule has 2 heterocycles. The summed E-state index contributed by atoms with van der Waals surface area (Å²) in [6, 6.07) is 3.31. The van der Waals surface area contributed by atoms with Gasteiger partial charge in [0.05, 0.1) is 6.54 Å². The Kier molecular flexibility index (Phi) is 4.27. The Hall–Kier alpha value is -1.95. The highest BCUT2D eigenvalue weighted by molar-refractivity contribution is 5.52. The SMILES string of the molecule is CN(Cc1nc(-c2ccn(C)c(=O)c2)no1)CC(C)(C)C. The average molecular weight is 290 g/mol. The second-order valence-electron chi connectivity index (χ2n) is 6.61. The van der Waals surface area contributed by atoms with Gasteiger partial charge in [-0.3, -0.25) is 9.69 Å². The van der Waals surface area contributed by atoms with Gasteiger partial charge in [-0.15, -0.1) is 0 Å². The van der Waals surface area contributed by atoms with Crippen LogP contribution in [0.4, 0.5) is 0 Å². The molecule has 0 radical (unpaired) electrons. The highest BCUT2D eigenvalue weighted by atomic mass is 16.5. The summed E-state index contributed by atoms with van der Waals surface area (Å²) in [6.07, 6.45) is 1.69. The Morgan fingerprint density at radius 1 is 1.38 bits per heavy atom. The van der Waals surface area contributed by atoms with Crippen molar-refractivity contribution in [2.75, 3.05) is 13.6 Å². The van der Waals surface area contributed by atoms with Gasteiger partial charge in [0.1, 0.15) is 0 Å². The van der Waals surface area contributed by atoms with Crippen molar-refractivity contribution in [1.82, 2.24) is 19.6 Å². The Bertz CT molecular complexity index is 667. The number of aromatic nitrogens is 3. The molecule has 0 atom stereocenters. The van der Waals surface area contributed by atoms with Gasteiger partial charge in [-0.2, -0.15) is 4.98 Å². The molecule has 0 spiro atoms. The normalized spacial score (nSPS) is 12.1. The van der Waals surface area contributed by atoms with Crippen molar-refractivity contribution in [2.24, 2.45) is 12.5 Å². The highest BCUT2D eigenvalue weighted by Crippen LogP contribution is 2.17. The van der Waals surface area contributed by atoms with Crippen LogP contribution in [-0.2, 0) is 13.6 Å². The van der Waals surface area contributed by atoms with Crippen molar-refractivity contribution in [3.05, 3.63) is 34.6 Å². The standard InChI is InChI=1S/C15H22N4O2/c1-15(2,3)10-18(4)9-12-16-14(17-21-12)11-6-7-19(5)13(20)8-11/h6-8H,9-10H2,1-5H3. The summed E-state index contributed by atoms with van der Waals surface area (Å²) in [5.41, 5.74) is 0.791. The Balaban J connectivity index is 2.11. The van der Waals surface area contributed by atoms with Gasteiger partial charge in [0.2, 0.25) is 11.7 Å². The van der Waals surface area contributed by atoms with E-state index in [2.05, 4.69) is 35.8 Å². The van der Waals surface area contributed by atoms with E-state index in [-0.39, 0.29) is 11.0 Å². The first-order valence-corrected chi connectivity index (χ1v) is 6.93. The Morgan fingerprint density at radius 2 is 2.10 bits per heavy atom. The van der Waals surface area contributed by atoms with Crippen molar-refractivity contribution in [2.45, 2.75) is 27.3 Å². The van der Waals surface area contributed by atoms with Crippen molar-refractivity contribution < 1.29 is 4.52 Å². The van der Waals surface area contributed by atoms with Crippen LogP contribution in [0.25, 0.3) is 11.4 Å². The van der Waals surface area contributed by atoms with Gasteiger partial charge in [-0.25, -0.2) is 0 Å². The third kappa shape index (κ3) is 4.26. The van der Waals surface area contributed by atoms with Crippen molar-refractivity contribution >= 4 is 0 Å². The van der Waals surface area contributed by atoms with Crippen LogP contribution in [-0.4, -0.2) is 33.2 Å². The van der Waals surface area contributed by atoms with Crippen LogP contribution in [0.3, 0.4) is 0 Å². The lowest BCUT2D eigenvalue weighted by molar-refractivity contribution is 0.198. The van der Waals surface area contributed by atoms with Crippen molar-refractivity contribution in [3.8, 4) is 11.4 Å². The molecule has 0 aromatic carbocycles. The van der Waals surface area contributed by atoms with Gasteiger partial charge >= 0.3 is 0 Å². The molecule has 0 amide bonds. The highest BCUT2D eigenvalue weighted by Gasteiger charge is 2.16. The summed E-state index contributed by atoms with van der Waals surface area (Å²) >= 11 is 0. The van der Waals surface area contributed by atoms with Crippen molar-refractivity contribution in [1.29, 1.82) is 0 Å². The molecule has 0 saturated heterocycles. The molecule has 0 aliphatic carbocycles. The lowest BCUT2D eigenvalue weighted by atomic mass is 9.96. The fourth-order valence-electron chi connectivity index (χ4n) is 2.22. The zero-order valence-electron chi connectivity index (χ0n) is 13.3. The lowest BCUT2D eigenvalue weighted by Gasteiger charge is -2.25. The van der Waals surface area contributed by atoms with E-state index in [4.69, 9.17) is 4.52 Å². The quantitative estimate of drug-likeness (QED) is 0.860. The molecule has 6 heteroatoms. The zero-order chi connectivity index (χ0) is 15.6. The molecule has 0 fully saturated rings. The first kappa shape index (κ1) is 15.4. The third-order valence-corrected chi connectivity index (χ3v) is 2.98. The van der Waals surface area contributed by atoms with Gasteiger partial charge in [0.15, 0.2) is 0 Å². The molecule has 6 nitrogen and oxygen atoms in total. The van der Waals surface area contributed by atoms with Crippen molar-refractivity contribution in [3.63, 3.8) is 0 Å². The molecule has 0 aliphatic heterocycles. The molecular formula is C15H22N4O2. The zero-order valence-corrected chi connectivity index (χ0v) is 13.3. The van der Waals surface area contributed by atoms with Crippen LogP contribution < -0.4 is 5.56 Å². The van der Waals surface area contributed by atoms with E-state index >= 15 is 0 Å². The number of hydrogen-bond donors (Lipinski definition) is 0. The maximum absolute atomic E-state index is 11.6. The first-order chi connectivity index (χ1) is 9.74. The number of aryl methyl sites for hydroxylation is 1. The van der Waals surface area contributed by atoms with Gasteiger partial charge < -0.3 is 9.09 Å². The van der Waals surface area contributed by atoms with Crippen LogP contribution in [0, 0.1) is 5.41 Å². The van der Waals surface area contributed by atoms with Crippen LogP contribution in [0.15, 0.2) is 27.6 Å². The molecule has 114 valence electrons. The van der Waals surface area contributed by atoms with E-state index in [1.54, 1.807) is 19.3 Å². The second-order valence-corrected chi connectivity index (χ2v) is 6.61. The maximum Gasteiger partial charge on any atom is 0.250 e. The number of pyridine rings is 1. The summed E-state index contributed by atoms with van der Waals surface area (Å²) in [6.45, 7) is 8.07. The van der Waals surface area contributed by atoms with E-state index in [0.717, 1.165) is 6.54 Å². The van der Waals surface area contributed by atoms with E-state index in [1.807, 2.05) is 7.05 Å². The summed E-state index contributed by atoms with van der Waals surface area (Å²) in [4.78, 5) is 18.1.